The highest BCUT2D eigenvalue weighted by molar-refractivity contribution is 5.76. The molecule has 0 aromatic heterocycles. The molecule has 0 atom stereocenters. The standard InChI is InChI=1S/C16H14FNO2/c17-14-9-12(11-19)5-6-15(14)18-7-8-20-16-4-2-1-3-13(16)10-18/h1-6,9,11H,7-8,10H2. The number of hydrogen-bond donors (Lipinski definition) is 0. The predicted molar refractivity (Wildman–Crippen MR) is 74.8 cm³/mol. The number of fused-ring (bicyclic) bond motifs is 1. The summed E-state index contributed by atoms with van der Waals surface area (Å²) >= 11 is 0. The van der Waals surface area contributed by atoms with Crippen LogP contribution in [0.5, 0.6) is 5.75 Å². The number of carbonyl (C=O) groups is 1. The smallest absolute Gasteiger partial charge is 0.150 e. The van der Waals surface area contributed by atoms with E-state index in [0.29, 0.717) is 37.2 Å². The van der Waals surface area contributed by atoms with Crippen molar-refractivity contribution >= 4 is 12.0 Å². The third kappa shape index (κ3) is 2.37. The third-order valence-electron chi connectivity index (χ3n) is 3.40. The van der Waals surface area contributed by atoms with Crippen LogP contribution in [-0.2, 0) is 6.54 Å². The first-order valence-corrected chi connectivity index (χ1v) is 6.48. The number of ether oxygens (including phenoxy) is 1. The molecule has 0 amide bonds. The number of para-hydroxylation sites is 1. The molecular formula is C16H14FNO2. The van der Waals surface area contributed by atoms with Crippen molar-refractivity contribution in [1.82, 2.24) is 0 Å². The summed E-state index contributed by atoms with van der Waals surface area (Å²) in [6.07, 6.45) is 0.647. The van der Waals surface area contributed by atoms with Crippen LogP contribution in [0.2, 0.25) is 0 Å². The summed E-state index contributed by atoms with van der Waals surface area (Å²) in [5, 5.41) is 0. The summed E-state index contributed by atoms with van der Waals surface area (Å²) in [7, 11) is 0. The molecule has 102 valence electrons. The molecule has 0 saturated heterocycles. The molecule has 0 radical (unpaired) electrons. The average molecular weight is 271 g/mol. The van der Waals surface area contributed by atoms with Gasteiger partial charge in [-0.05, 0) is 24.3 Å². The van der Waals surface area contributed by atoms with Crippen LogP contribution in [-0.4, -0.2) is 19.4 Å². The van der Waals surface area contributed by atoms with Gasteiger partial charge < -0.3 is 9.64 Å². The maximum absolute atomic E-state index is 14.1. The van der Waals surface area contributed by atoms with Crippen LogP contribution in [0.1, 0.15) is 15.9 Å². The van der Waals surface area contributed by atoms with Gasteiger partial charge in [0.05, 0.1) is 12.2 Å². The lowest BCUT2D eigenvalue weighted by Gasteiger charge is -2.22. The Morgan fingerprint density at radius 3 is 2.85 bits per heavy atom. The van der Waals surface area contributed by atoms with Gasteiger partial charge in [-0.25, -0.2) is 4.39 Å². The zero-order valence-corrected chi connectivity index (χ0v) is 10.9. The van der Waals surface area contributed by atoms with Crippen molar-refractivity contribution in [2.45, 2.75) is 6.54 Å². The number of benzene rings is 2. The minimum absolute atomic E-state index is 0.345. The molecular weight excluding hydrogens is 257 g/mol. The molecule has 0 unspecified atom stereocenters. The minimum atomic E-state index is -0.381. The van der Waals surface area contributed by atoms with Crippen molar-refractivity contribution < 1.29 is 13.9 Å². The number of carbonyl (C=O) groups excluding carboxylic acids is 1. The lowest BCUT2D eigenvalue weighted by Crippen LogP contribution is -2.26. The van der Waals surface area contributed by atoms with Crippen molar-refractivity contribution in [2.75, 3.05) is 18.1 Å². The lowest BCUT2D eigenvalue weighted by atomic mass is 10.1. The second-order valence-electron chi connectivity index (χ2n) is 4.71. The van der Waals surface area contributed by atoms with Gasteiger partial charge in [0, 0.05) is 17.7 Å². The van der Waals surface area contributed by atoms with Gasteiger partial charge in [0.25, 0.3) is 0 Å². The maximum atomic E-state index is 14.1. The van der Waals surface area contributed by atoms with E-state index in [-0.39, 0.29) is 5.82 Å². The molecule has 3 nitrogen and oxygen atoms in total. The molecule has 1 aliphatic heterocycles. The summed E-state index contributed by atoms with van der Waals surface area (Å²) < 4.78 is 19.8. The van der Waals surface area contributed by atoms with Crippen molar-refractivity contribution in [3.8, 4) is 5.75 Å². The van der Waals surface area contributed by atoms with E-state index in [1.807, 2.05) is 29.2 Å². The van der Waals surface area contributed by atoms with Crippen LogP contribution in [0.3, 0.4) is 0 Å². The molecule has 1 aliphatic rings. The number of rotatable bonds is 2. The Balaban J connectivity index is 1.93. The van der Waals surface area contributed by atoms with Crippen LogP contribution in [0.25, 0.3) is 0 Å². The van der Waals surface area contributed by atoms with E-state index in [0.717, 1.165) is 11.3 Å². The fraction of sp³-hybridized carbons (Fsp3) is 0.188. The normalized spacial score (nSPS) is 14.2. The molecule has 0 fully saturated rings. The first kappa shape index (κ1) is 12.7. The summed E-state index contributed by atoms with van der Waals surface area (Å²) in [6, 6.07) is 12.3. The Morgan fingerprint density at radius 1 is 1.20 bits per heavy atom. The molecule has 0 spiro atoms. The number of halogens is 1. The highest BCUT2D eigenvalue weighted by atomic mass is 19.1. The molecule has 4 heteroatoms. The quantitative estimate of drug-likeness (QED) is 0.786. The van der Waals surface area contributed by atoms with E-state index < -0.39 is 0 Å². The molecule has 0 aliphatic carbocycles. The van der Waals surface area contributed by atoms with Crippen LogP contribution in [0.15, 0.2) is 42.5 Å². The molecule has 0 N–H and O–H groups in total. The molecule has 1 heterocycles. The summed E-state index contributed by atoms with van der Waals surface area (Å²) in [6.45, 7) is 1.70. The van der Waals surface area contributed by atoms with Gasteiger partial charge in [-0.2, -0.15) is 0 Å². The summed E-state index contributed by atoms with van der Waals surface area (Å²) in [5.41, 5.74) is 1.87. The van der Waals surface area contributed by atoms with Gasteiger partial charge in [-0.15, -0.1) is 0 Å². The Morgan fingerprint density at radius 2 is 2.05 bits per heavy atom. The van der Waals surface area contributed by atoms with E-state index in [1.54, 1.807) is 12.1 Å². The lowest BCUT2D eigenvalue weighted by molar-refractivity contribution is 0.112. The topological polar surface area (TPSA) is 29.5 Å². The Hall–Kier alpha value is -2.36. The number of anilines is 1. The monoisotopic (exact) mass is 271 g/mol. The van der Waals surface area contributed by atoms with Crippen molar-refractivity contribution in [3.05, 3.63) is 59.4 Å². The Kier molecular flexibility index (Phi) is 3.37. The van der Waals surface area contributed by atoms with Crippen LogP contribution >= 0.6 is 0 Å². The zero-order chi connectivity index (χ0) is 13.9. The van der Waals surface area contributed by atoms with Crippen molar-refractivity contribution in [2.24, 2.45) is 0 Å². The molecule has 2 aromatic carbocycles. The molecule has 0 saturated carbocycles. The van der Waals surface area contributed by atoms with Gasteiger partial charge in [-0.3, -0.25) is 4.79 Å². The first-order chi connectivity index (χ1) is 9.78. The van der Waals surface area contributed by atoms with Crippen LogP contribution in [0, 0.1) is 5.82 Å². The van der Waals surface area contributed by atoms with E-state index in [9.17, 15) is 9.18 Å². The molecule has 2 aromatic rings. The fourth-order valence-corrected chi connectivity index (χ4v) is 2.38. The first-order valence-electron chi connectivity index (χ1n) is 6.48. The molecule has 20 heavy (non-hydrogen) atoms. The number of hydrogen-bond acceptors (Lipinski definition) is 3. The second kappa shape index (κ2) is 5.33. The van der Waals surface area contributed by atoms with Crippen LogP contribution < -0.4 is 9.64 Å². The Bertz CT molecular complexity index is 642. The van der Waals surface area contributed by atoms with E-state index in [1.165, 1.54) is 6.07 Å². The molecule has 3 rings (SSSR count). The maximum Gasteiger partial charge on any atom is 0.150 e. The van der Waals surface area contributed by atoms with Crippen molar-refractivity contribution in [3.63, 3.8) is 0 Å². The zero-order valence-electron chi connectivity index (χ0n) is 10.9. The third-order valence-corrected chi connectivity index (χ3v) is 3.40. The SMILES string of the molecule is O=Cc1ccc(N2CCOc3ccccc3C2)c(F)c1. The van der Waals surface area contributed by atoms with Gasteiger partial charge in [-0.1, -0.05) is 18.2 Å². The fourth-order valence-electron chi connectivity index (χ4n) is 2.38. The average Bonchev–Trinajstić information content (AvgIpc) is 2.69. The van der Waals surface area contributed by atoms with Gasteiger partial charge in [0.15, 0.2) is 0 Å². The Labute approximate surface area is 116 Å². The summed E-state index contributed by atoms with van der Waals surface area (Å²) in [5.74, 6) is 0.467. The van der Waals surface area contributed by atoms with E-state index >= 15 is 0 Å². The van der Waals surface area contributed by atoms with E-state index in [4.69, 9.17) is 4.74 Å². The highest BCUT2D eigenvalue weighted by Gasteiger charge is 2.18. The van der Waals surface area contributed by atoms with Gasteiger partial charge in [0.2, 0.25) is 0 Å². The van der Waals surface area contributed by atoms with Crippen molar-refractivity contribution in [1.29, 1.82) is 0 Å². The van der Waals surface area contributed by atoms with Gasteiger partial charge >= 0.3 is 0 Å². The van der Waals surface area contributed by atoms with Gasteiger partial charge in [0.1, 0.15) is 24.5 Å². The number of nitrogens with zero attached hydrogens (tertiary/aromatic N) is 1. The number of aldehydes is 1. The second-order valence-corrected chi connectivity index (χ2v) is 4.71. The highest BCUT2D eigenvalue weighted by Crippen LogP contribution is 2.27. The van der Waals surface area contributed by atoms with E-state index in [2.05, 4.69) is 0 Å². The summed E-state index contributed by atoms with van der Waals surface area (Å²) in [4.78, 5) is 12.6. The minimum Gasteiger partial charge on any atom is -0.491 e. The predicted octanol–water partition coefficient (Wildman–Crippen LogP) is 3.04. The van der Waals surface area contributed by atoms with Crippen LogP contribution in [0.4, 0.5) is 10.1 Å². The largest absolute Gasteiger partial charge is 0.491 e. The molecule has 0 bridgehead atoms.